The lowest BCUT2D eigenvalue weighted by atomic mass is 10.2. The Labute approximate surface area is 146 Å². The molecule has 25 heavy (non-hydrogen) atoms. The van der Waals surface area contributed by atoms with Gasteiger partial charge >= 0.3 is 0 Å². The standard InChI is InChI=1S/C18H23N3O4/c1-24-10-3-9-19-17(22)13-20-15-7-5-14(6-8-15)18(23)21-12-16-4-2-11-25-16/h2,4-8,11,20H,3,9-10,12-13H2,1H3,(H,19,22)(H,21,23). The molecule has 0 spiro atoms. The first-order valence-electron chi connectivity index (χ1n) is 8.09. The third-order valence-electron chi connectivity index (χ3n) is 3.45. The monoisotopic (exact) mass is 345 g/mol. The Morgan fingerprint density at radius 3 is 2.60 bits per heavy atom. The summed E-state index contributed by atoms with van der Waals surface area (Å²) in [5, 5.41) is 8.59. The van der Waals surface area contributed by atoms with Gasteiger partial charge in [0.1, 0.15) is 5.76 Å². The van der Waals surface area contributed by atoms with Crippen LogP contribution in [-0.4, -0.2) is 38.6 Å². The highest BCUT2D eigenvalue weighted by molar-refractivity contribution is 5.94. The van der Waals surface area contributed by atoms with Crippen molar-refractivity contribution in [2.75, 3.05) is 32.1 Å². The summed E-state index contributed by atoms with van der Waals surface area (Å²) in [5.41, 5.74) is 1.32. The number of hydrogen-bond acceptors (Lipinski definition) is 5. The average molecular weight is 345 g/mol. The summed E-state index contributed by atoms with van der Waals surface area (Å²) in [6, 6.07) is 10.5. The molecule has 1 aromatic heterocycles. The average Bonchev–Trinajstić information content (AvgIpc) is 3.15. The molecule has 1 heterocycles. The molecule has 7 nitrogen and oxygen atoms in total. The number of nitrogens with one attached hydrogen (secondary N) is 3. The zero-order chi connectivity index (χ0) is 17.9. The third-order valence-corrected chi connectivity index (χ3v) is 3.45. The Balaban J connectivity index is 1.71. The van der Waals surface area contributed by atoms with Crippen LogP contribution in [0.3, 0.4) is 0 Å². The number of rotatable bonds is 10. The Bertz CT molecular complexity index is 653. The molecule has 0 aliphatic rings. The van der Waals surface area contributed by atoms with Crippen molar-refractivity contribution in [3.05, 3.63) is 54.0 Å². The molecule has 134 valence electrons. The van der Waals surface area contributed by atoms with Gasteiger partial charge in [0.15, 0.2) is 0 Å². The number of carbonyl (C=O) groups excluding carboxylic acids is 2. The van der Waals surface area contributed by atoms with Gasteiger partial charge in [-0.15, -0.1) is 0 Å². The molecule has 2 amide bonds. The van der Waals surface area contributed by atoms with E-state index in [2.05, 4.69) is 16.0 Å². The summed E-state index contributed by atoms with van der Waals surface area (Å²) in [7, 11) is 1.63. The minimum atomic E-state index is -0.182. The van der Waals surface area contributed by atoms with Gasteiger partial charge in [0.2, 0.25) is 5.91 Å². The Morgan fingerprint density at radius 1 is 1.12 bits per heavy atom. The van der Waals surface area contributed by atoms with Crippen molar-refractivity contribution in [2.24, 2.45) is 0 Å². The van der Waals surface area contributed by atoms with E-state index in [1.165, 1.54) is 0 Å². The molecule has 0 saturated heterocycles. The molecular formula is C18H23N3O4. The van der Waals surface area contributed by atoms with Crippen LogP contribution in [0.4, 0.5) is 5.69 Å². The van der Waals surface area contributed by atoms with Crippen LogP contribution in [-0.2, 0) is 16.1 Å². The summed E-state index contributed by atoms with van der Waals surface area (Å²) < 4.78 is 10.1. The number of amides is 2. The van der Waals surface area contributed by atoms with Crippen LogP contribution in [0.1, 0.15) is 22.5 Å². The SMILES string of the molecule is COCCCNC(=O)CNc1ccc(C(=O)NCc2ccco2)cc1. The van der Waals surface area contributed by atoms with Crippen molar-refractivity contribution in [2.45, 2.75) is 13.0 Å². The fourth-order valence-corrected chi connectivity index (χ4v) is 2.11. The number of methoxy groups -OCH3 is 1. The van der Waals surface area contributed by atoms with Gasteiger partial charge in [-0.2, -0.15) is 0 Å². The predicted octanol–water partition coefficient (Wildman–Crippen LogP) is 1.77. The van der Waals surface area contributed by atoms with E-state index in [0.29, 0.717) is 31.0 Å². The van der Waals surface area contributed by atoms with E-state index in [4.69, 9.17) is 9.15 Å². The summed E-state index contributed by atoms with van der Waals surface area (Å²) in [6.45, 7) is 1.73. The van der Waals surface area contributed by atoms with Gasteiger partial charge in [0.05, 0.1) is 19.4 Å². The van der Waals surface area contributed by atoms with Crippen molar-refractivity contribution in [1.29, 1.82) is 0 Å². The van der Waals surface area contributed by atoms with Crippen LogP contribution in [0.5, 0.6) is 0 Å². The fraction of sp³-hybridized carbons (Fsp3) is 0.333. The van der Waals surface area contributed by atoms with Crippen LogP contribution < -0.4 is 16.0 Å². The van der Waals surface area contributed by atoms with E-state index in [1.807, 2.05) is 0 Å². The van der Waals surface area contributed by atoms with E-state index in [1.54, 1.807) is 49.8 Å². The van der Waals surface area contributed by atoms with Gasteiger partial charge in [-0.1, -0.05) is 0 Å². The van der Waals surface area contributed by atoms with E-state index in [-0.39, 0.29) is 18.4 Å². The molecule has 0 atom stereocenters. The fourth-order valence-electron chi connectivity index (χ4n) is 2.11. The van der Waals surface area contributed by atoms with Crippen molar-refractivity contribution >= 4 is 17.5 Å². The van der Waals surface area contributed by atoms with Gasteiger partial charge < -0.3 is 25.1 Å². The molecule has 0 fully saturated rings. The highest BCUT2D eigenvalue weighted by Crippen LogP contribution is 2.09. The maximum absolute atomic E-state index is 12.0. The van der Waals surface area contributed by atoms with Crippen molar-refractivity contribution in [3.8, 4) is 0 Å². The Hall–Kier alpha value is -2.80. The molecule has 2 rings (SSSR count). The summed E-state index contributed by atoms with van der Waals surface area (Å²) in [5.74, 6) is 0.429. The molecule has 2 aromatic rings. The molecule has 3 N–H and O–H groups in total. The van der Waals surface area contributed by atoms with E-state index < -0.39 is 0 Å². The van der Waals surface area contributed by atoms with E-state index >= 15 is 0 Å². The lowest BCUT2D eigenvalue weighted by Gasteiger charge is -2.08. The maximum atomic E-state index is 12.0. The van der Waals surface area contributed by atoms with Crippen molar-refractivity contribution in [1.82, 2.24) is 10.6 Å². The van der Waals surface area contributed by atoms with Gasteiger partial charge in [-0.25, -0.2) is 0 Å². The first-order valence-corrected chi connectivity index (χ1v) is 8.09. The zero-order valence-corrected chi connectivity index (χ0v) is 14.2. The minimum absolute atomic E-state index is 0.0867. The number of benzene rings is 1. The van der Waals surface area contributed by atoms with Crippen LogP contribution in [0, 0.1) is 0 Å². The van der Waals surface area contributed by atoms with Crippen LogP contribution in [0.25, 0.3) is 0 Å². The lowest BCUT2D eigenvalue weighted by Crippen LogP contribution is -2.31. The lowest BCUT2D eigenvalue weighted by molar-refractivity contribution is -0.119. The van der Waals surface area contributed by atoms with Crippen molar-refractivity contribution < 1.29 is 18.7 Å². The Morgan fingerprint density at radius 2 is 1.92 bits per heavy atom. The molecule has 0 bridgehead atoms. The quantitative estimate of drug-likeness (QED) is 0.571. The van der Waals surface area contributed by atoms with Crippen LogP contribution in [0.15, 0.2) is 47.1 Å². The minimum Gasteiger partial charge on any atom is -0.467 e. The molecule has 1 aromatic carbocycles. The first kappa shape index (κ1) is 18.5. The van der Waals surface area contributed by atoms with Crippen molar-refractivity contribution in [3.63, 3.8) is 0 Å². The number of furan rings is 1. The molecule has 0 unspecified atom stereocenters. The summed E-state index contributed by atoms with van der Waals surface area (Å²) in [4.78, 5) is 23.7. The number of anilines is 1. The largest absolute Gasteiger partial charge is 0.467 e. The molecule has 0 radical (unpaired) electrons. The highest BCUT2D eigenvalue weighted by Gasteiger charge is 2.06. The van der Waals surface area contributed by atoms with E-state index in [9.17, 15) is 9.59 Å². The molecule has 0 aliphatic heterocycles. The molecule has 7 heteroatoms. The second-order valence-corrected chi connectivity index (χ2v) is 5.39. The molecular weight excluding hydrogens is 322 g/mol. The first-order chi connectivity index (χ1) is 12.2. The normalized spacial score (nSPS) is 10.3. The van der Waals surface area contributed by atoms with Gasteiger partial charge in [0, 0.05) is 31.5 Å². The zero-order valence-electron chi connectivity index (χ0n) is 14.2. The third kappa shape index (κ3) is 6.68. The van der Waals surface area contributed by atoms with Gasteiger partial charge in [-0.05, 0) is 42.8 Å². The molecule has 0 aliphatic carbocycles. The summed E-state index contributed by atoms with van der Waals surface area (Å²) in [6.07, 6.45) is 2.35. The van der Waals surface area contributed by atoms with Crippen LogP contribution in [0.2, 0.25) is 0 Å². The number of ether oxygens (including phenoxy) is 1. The molecule has 0 saturated carbocycles. The summed E-state index contributed by atoms with van der Waals surface area (Å²) >= 11 is 0. The van der Waals surface area contributed by atoms with Gasteiger partial charge in [-0.3, -0.25) is 9.59 Å². The smallest absolute Gasteiger partial charge is 0.251 e. The Kier molecular flexibility index (Phi) is 7.52. The topological polar surface area (TPSA) is 92.6 Å². The number of carbonyl (C=O) groups is 2. The second-order valence-electron chi connectivity index (χ2n) is 5.39. The van der Waals surface area contributed by atoms with Crippen LogP contribution >= 0.6 is 0 Å². The van der Waals surface area contributed by atoms with E-state index in [0.717, 1.165) is 12.1 Å². The maximum Gasteiger partial charge on any atom is 0.251 e. The number of hydrogen-bond donors (Lipinski definition) is 3. The van der Waals surface area contributed by atoms with Gasteiger partial charge in [0.25, 0.3) is 5.91 Å². The second kappa shape index (κ2) is 10.1. The predicted molar refractivity (Wildman–Crippen MR) is 94.3 cm³/mol. The highest BCUT2D eigenvalue weighted by atomic mass is 16.5.